The molecule has 1 radical (unpaired) electrons. The van der Waals surface area contributed by atoms with E-state index >= 15 is 0 Å². The average Bonchev–Trinajstić information content (AvgIpc) is 2.08. The largest absolute Gasteiger partial charge is 0.469 e. The van der Waals surface area contributed by atoms with Gasteiger partial charge in [0.1, 0.15) is 0 Å². The second kappa shape index (κ2) is 7.30. The van der Waals surface area contributed by atoms with Crippen molar-refractivity contribution in [1.29, 1.82) is 0 Å². The predicted octanol–water partition coefficient (Wildman–Crippen LogP) is -1.13. The van der Waals surface area contributed by atoms with Gasteiger partial charge in [-0.05, 0) is 13.0 Å². The molecule has 0 bridgehead atoms. The van der Waals surface area contributed by atoms with Gasteiger partial charge in [0.05, 0.1) is 19.3 Å². The zero-order valence-electron chi connectivity index (χ0n) is 7.63. The molecule has 0 amide bonds. The smallest absolute Gasteiger partial charge is 0.389 e. The summed E-state index contributed by atoms with van der Waals surface area (Å²) in [5.74, 6) is 0. The summed E-state index contributed by atoms with van der Waals surface area (Å²) < 4.78 is 14.3. The van der Waals surface area contributed by atoms with Crippen LogP contribution in [0.4, 0.5) is 0 Å². The van der Waals surface area contributed by atoms with Crippen molar-refractivity contribution < 1.29 is 29.1 Å². The third-order valence-electron chi connectivity index (χ3n) is 1.31. The first-order valence-electron chi connectivity index (χ1n) is 4.12. The fraction of sp³-hybridized carbons (Fsp3) is 1.00. The van der Waals surface area contributed by atoms with E-state index in [0.717, 1.165) is 0 Å². The van der Waals surface area contributed by atoms with Crippen LogP contribution in [0.5, 0.6) is 0 Å². The molecule has 7 nitrogen and oxygen atoms in total. The Labute approximate surface area is 82.0 Å². The Balaban J connectivity index is 3.37. The van der Waals surface area contributed by atoms with Crippen LogP contribution in [0.2, 0.25) is 0 Å². The second-order valence-electron chi connectivity index (χ2n) is 2.70. The number of aliphatic hydroxyl groups is 1. The van der Waals surface area contributed by atoms with Gasteiger partial charge in [0.25, 0.3) is 0 Å². The van der Waals surface area contributed by atoms with Crippen LogP contribution in [0.15, 0.2) is 0 Å². The molecule has 0 aromatic rings. The highest BCUT2D eigenvalue weighted by Crippen LogP contribution is 2.35. The van der Waals surface area contributed by atoms with Crippen molar-refractivity contribution in [2.75, 3.05) is 26.3 Å². The Kier molecular flexibility index (Phi) is 7.30. The monoisotopic (exact) mass is 228 g/mol. The Morgan fingerprint density at radius 1 is 1.43 bits per heavy atom. The van der Waals surface area contributed by atoms with Gasteiger partial charge in [0.15, 0.2) is 0 Å². The maximum absolute atomic E-state index is 10.2. The molecule has 0 aromatic heterocycles. The van der Waals surface area contributed by atoms with Crippen LogP contribution in [-0.2, 0) is 14.2 Å². The summed E-state index contributed by atoms with van der Waals surface area (Å²) in [7, 11) is -4.50. The highest BCUT2D eigenvalue weighted by molar-refractivity contribution is 7.46. The van der Waals surface area contributed by atoms with Crippen LogP contribution in [0.1, 0.15) is 6.42 Å². The van der Waals surface area contributed by atoms with Gasteiger partial charge >= 0.3 is 7.82 Å². The summed E-state index contributed by atoms with van der Waals surface area (Å²) in [6, 6.07) is 0. The van der Waals surface area contributed by atoms with Crippen molar-refractivity contribution >= 4 is 7.82 Å². The third-order valence-corrected chi connectivity index (χ3v) is 1.80. The molecular formula is C6H15NO6P. The van der Waals surface area contributed by atoms with Gasteiger partial charge in [-0.15, -0.1) is 0 Å². The van der Waals surface area contributed by atoms with E-state index in [1.54, 1.807) is 0 Å². The quantitative estimate of drug-likeness (QED) is 0.308. The zero-order chi connectivity index (χ0) is 11.0. The van der Waals surface area contributed by atoms with Crippen molar-refractivity contribution in [3.63, 3.8) is 0 Å². The maximum Gasteiger partial charge on any atom is 0.469 e. The van der Waals surface area contributed by atoms with Crippen molar-refractivity contribution in [2.45, 2.75) is 12.5 Å². The molecule has 0 aliphatic heterocycles. The minimum absolute atomic E-state index is 0.139. The first kappa shape index (κ1) is 14.0. The molecule has 0 aliphatic rings. The van der Waals surface area contributed by atoms with E-state index in [0.29, 0.717) is 13.0 Å². The molecule has 1 unspecified atom stereocenters. The molecule has 1 atom stereocenters. The van der Waals surface area contributed by atoms with Crippen molar-refractivity contribution in [1.82, 2.24) is 5.32 Å². The Bertz CT molecular complexity index is 183. The van der Waals surface area contributed by atoms with E-state index in [-0.39, 0.29) is 13.2 Å². The van der Waals surface area contributed by atoms with E-state index in [9.17, 15) is 9.67 Å². The SMILES string of the molecule is [O]CCCNCC(O)COP(=O)(O)O. The average molecular weight is 228 g/mol. The molecule has 14 heavy (non-hydrogen) atoms. The van der Waals surface area contributed by atoms with Crippen LogP contribution in [0.3, 0.4) is 0 Å². The third kappa shape index (κ3) is 10.1. The minimum Gasteiger partial charge on any atom is -0.389 e. The van der Waals surface area contributed by atoms with E-state index in [1.807, 2.05) is 0 Å². The summed E-state index contributed by atoms with van der Waals surface area (Å²) in [5.41, 5.74) is 0. The van der Waals surface area contributed by atoms with Gasteiger partial charge < -0.3 is 20.2 Å². The zero-order valence-corrected chi connectivity index (χ0v) is 8.52. The highest BCUT2D eigenvalue weighted by atomic mass is 31.2. The van der Waals surface area contributed by atoms with Gasteiger partial charge in [-0.1, -0.05) is 0 Å². The molecule has 0 spiro atoms. The number of phosphoric ester groups is 1. The van der Waals surface area contributed by atoms with Crippen molar-refractivity contribution in [3.8, 4) is 0 Å². The number of nitrogens with one attached hydrogen (secondary N) is 1. The van der Waals surface area contributed by atoms with Gasteiger partial charge in [-0.2, -0.15) is 0 Å². The number of rotatable bonds is 8. The molecule has 0 saturated heterocycles. The topological polar surface area (TPSA) is 119 Å². The second-order valence-corrected chi connectivity index (χ2v) is 3.94. The Hall–Kier alpha value is -0.0100. The maximum atomic E-state index is 10.2. The number of hydrogen-bond donors (Lipinski definition) is 4. The molecule has 8 heteroatoms. The Morgan fingerprint density at radius 3 is 2.57 bits per heavy atom. The molecule has 0 aromatic carbocycles. The lowest BCUT2D eigenvalue weighted by Crippen LogP contribution is -2.30. The van der Waals surface area contributed by atoms with E-state index in [2.05, 4.69) is 9.84 Å². The first-order chi connectivity index (χ1) is 6.45. The molecule has 0 aliphatic carbocycles. The molecule has 0 fully saturated rings. The standard InChI is InChI=1S/C6H15NO6P/c8-3-1-2-7-4-6(9)5-13-14(10,11)12/h6-7,9H,1-5H2,(H2,10,11,12). The van der Waals surface area contributed by atoms with Gasteiger partial charge in [-0.3, -0.25) is 4.52 Å². The van der Waals surface area contributed by atoms with Crippen molar-refractivity contribution in [3.05, 3.63) is 0 Å². The van der Waals surface area contributed by atoms with E-state index < -0.39 is 20.5 Å². The summed E-state index contributed by atoms with van der Waals surface area (Å²) in [6.45, 7) is -0.0206. The van der Waals surface area contributed by atoms with Crippen molar-refractivity contribution in [2.24, 2.45) is 0 Å². The summed E-state index contributed by atoms with van der Waals surface area (Å²) in [6.07, 6.45) is -0.541. The minimum atomic E-state index is -4.50. The van der Waals surface area contributed by atoms with Crippen LogP contribution in [0.25, 0.3) is 0 Å². The van der Waals surface area contributed by atoms with Crippen LogP contribution in [-0.4, -0.2) is 47.3 Å². The molecule has 0 rings (SSSR count). The molecule has 0 heterocycles. The highest BCUT2D eigenvalue weighted by Gasteiger charge is 2.16. The lowest BCUT2D eigenvalue weighted by atomic mass is 10.3. The van der Waals surface area contributed by atoms with Gasteiger partial charge in [0.2, 0.25) is 0 Å². The van der Waals surface area contributed by atoms with Gasteiger partial charge in [-0.25, -0.2) is 9.67 Å². The molecule has 85 valence electrons. The van der Waals surface area contributed by atoms with Gasteiger partial charge in [0, 0.05) is 6.54 Å². The summed E-state index contributed by atoms with van der Waals surface area (Å²) >= 11 is 0. The number of hydrogen-bond acceptors (Lipinski definition) is 4. The number of phosphoric acid groups is 1. The van der Waals surface area contributed by atoms with Crippen LogP contribution < -0.4 is 5.32 Å². The summed E-state index contributed by atoms with van der Waals surface area (Å²) in [5, 5.41) is 21.8. The normalized spacial score (nSPS) is 14.3. The first-order valence-corrected chi connectivity index (χ1v) is 5.65. The van der Waals surface area contributed by atoms with E-state index in [1.165, 1.54) is 0 Å². The lowest BCUT2D eigenvalue weighted by Gasteiger charge is -2.12. The fourth-order valence-electron chi connectivity index (χ4n) is 0.708. The van der Waals surface area contributed by atoms with E-state index in [4.69, 9.17) is 14.9 Å². The molecule has 0 saturated carbocycles. The molecule has 4 N–H and O–H groups in total. The molecular weight excluding hydrogens is 213 g/mol. The van der Waals surface area contributed by atoms with Crippen LogP contribution >= 0.6 is 7.82 Å². The lowest BCUT2D eigenvalue weighted by molar-refractivity contribution is 0.0840. The summed E-state index contributed by atoms with van der Waals surface area (Å²) in [4.78, 5) is 16.6. The number of aliphatic hydroxyl groups excluding tert-OH is 1. The fourth-order valence-corrected chi connectivity index (χ4v) is 1.07. The predicted molar refractivity (Wildman–Crippen MR) is 47.0 cm³/mol. The Morgan fingerprint density at radius 2 is 2.07 bits per heavy atom. The van der Waals surface area contributed by atoms with Crippen LogP contribution in [0, 0.1) is 0 Å².